The Balaban J connectivity index is 4.00. The van der Waals surface area contributed by atoms with E-state index in [9.17, 15) is 19.5 Å². The van der Waals surface area contributed by atoms with E-state index in [1.54, 1.807) is 0 Å². The van der Waals surface area contributed by atoms with Crippen LogP contribution in [-0.4, -0.2) is 82.3 Å². The van der Waals surface area contributed by atoms with Crippen LogP contribution in [0.4, 0.5) is 0 Å². The van der Waals surface area contributed by atoms with Gasteiger partial charge in [-0.05, 0) is 51.4 Å². The van der Waals surface area contributed by atoms with Gasteiger partial charge in [0.1, 0.15) is 13.2 Å². The molecule has 9 nitrogen and oxygen atoms in total. The van der Waals surface area contributed by atoms with Crippen molar-refractivity contribution in [3.8, 4) is 0 Å². The molecule has 426 valence electrons. The van der Waals surface area contributed by atoms with E-state index in [2.05, 4.69) is 62.5 Å². The summed E-state index contributed by atoms with van der Waals surface area (Å²) < 4.78 is 22.7. The molecule has 0 saturated carbocycles. The molecule has 0 spiro atoms. The molecule has 0 aromatic heterocycles. The summed E-state index contributed by atoms with van der Waals surface area (Å²) in [6.07, 6.45) is 66.1. The molecule has 0 bridgehead atoms. The molecule has 0 rings (SSSR count). The van der Waals surface area contributed by atoms with Crippen molar-refractivity contribution in [2.75, 3.05) is 47.5 Å². The van der Waals surface area contributed by atoms with E-state index in [-0.39, 0.29) is 32.2 Å². The number of unbranched alkanes of at least 4 members (excludes halogenated alkanes) is 34. The lowest BCUT2D eigenvalue weighted by molar-refractivity contribution is -0.870. The monoisotopic (exact) mass is 1030 g/mol. The Morgan fingerprint density at radius 1 is 0.425 bits per heavy atom. The van der Waals surface area contributed by atoms with E-state index < -0.39 is 24.3 Å². The molecule has 0 aromatic rings. The van der Waals surface area contributed by atoms with Gasteiger partial charge in [-0.15, -0.1) is 0 Å². The van der Waals surface area contributed by atoms with E-state index in [0.717, 1.165) is 64.2 Å². The summed E-state index contributed by atoms with van der Waals surface area (Å²) in [6, 6.07) is 0. The average molecular weight is 1030 g/mol. The maximum absolute atomic E-state index is 12.9. The molecule has 0 aliphatic carbocycles. The standard InChI is InChI=1S/C64H117NO8/c1-6-8-10-12-14-16-18-20-21-22-23-24-25-26-27-28-29-30-31-32-33-34-35-36-37-38-39-40-41-43-45-47-49-51-53-55-62(67)73-60(59-72-64(63(68)69)70-57-56-65(3,4)5)58-71-61(66)54-52-50-48-46-44-42-19-17-15-13-11-9-7-2/h8,10,14,16,20-21,23-24,60,64H,6-7,9,11-13,15,17-19,22,25-59H2,1-5H3/b10-8-,16-14-,21-20-,24-23-. The first-order valence-electron chi connectivity index (χ1n) is 30.8. The third kappa shape index (κ3) is 56.8. The van der Waals surface area contributed by atoms with E-state index in [1.165, 1.54) is 193 Å². The second-order valence-electron chi connectivity index (χ2n) is 22.0. The minimum Gasteiger partial charge on any atom is -0.545 e. The van der Waals surface area contributed by atoms with E-state index in [1.807, 2.05) is 21.1 Å². The number of aliphatic carboxylic acids is 1. The van der Waals surface area contributed by atoms with Crippen LogP contribution in [0.15, 0.2) is 48.6 Å². The van der Waals surface area contributed by atoms with Crippen LogP contribution in [0, 0.1) is 0 Å². The zero-order valence-electron chi connectivity index (χ0n) is 48.5. The highest BCUT2D eigenvalue weighted by Gasteiger charge is 2.22. The van der Waals surface area contributed by atoms with Gasteiger partial charge in [0.15, 0.2) is 12.4 Å². The summed E-state index contributed by atoms with van der Waals surface area (Å²) in [5.74, 6) is -2.26. The number of quaternary nitrogens is 1. The lowest BCUT2D eigenvalue weighted by Gasteiger charge is -2.26. The zero-order valence-corrected chi connectivity index (χ0v) is 48.5. The number of nitrogens with zero attached hydrogens (tertiary/aromatic N) is 1. The fraction of sp³-hybridized carbons (Fsp3) is 0.828. The predicted octanol–water partition coefficient (Wildman–Crippen LogP) is 16.9. The number of carboxylic acid groups (broad SMARTS) is 1. The minimum absolute atomic E-state index is 0.150. The molecule has 9 heteroatoms. The molecule has 2 unspecified atom stereocenters. The van der Waals surface area contributed by atoms with Gasteiger partial charge in [0.2, 0.25) is 0 Å². The second kappa shape index (κ2) is 55.5. The number of carboxylic acids is 1. The second-order valence-corrected chi connectivity index (χ2v) is 22.0. The van der Waals surface area contributed by atoms with Crippen LogP contribution in [0.25, 0.3) is 0 Å². The highest BCUT2D eigenvalue weighted by molar-refractivity contribution is 5.70. The molecule has 0 heterocycles. The third-order valence-corrected chi connectivity index (χ3v) is 13.6. The summed E-state index contributed by atoms with van der Waals surface area (Å²) in [5, 5.41) is 11.8. The fourth-order valence-corrected chi connectivity index (χ4v) is 8.88. The molecule has 0 amide bonds. The van der Waals surface area contributed by atoms with Gasteiger partial charge in [0.05, 0.1) is 40.3 Å². The number of rotatable bonds is 57. The Kier molecular flexibility index (Phi) is 53.4. The molecule has 0 aromatic carbocycles. The van der Waals surface area contributed by atoms with Gasteiger partial charge < -0.3 is 33.3 Å². The highest BCUT2D eigenvalue weighted by atomic mass is 16.7. The van der Waals surface area contributed by atoms with Crippen molar-refractivity contribution in [1.82, 2.24) is 0 Å². The lowest BCUT2D eigenvalue weighted by Crippen LogP contribution is -2.44. The Morgan fingerprint density at radius 2 is 0.781 bits per heavy atom. The summed E-state index contributed by atoms with van der Waals surface area (Å²) in [5.41, 5.74) is 0. The molecule has 0 aliphatic heterocycles. The normalized spacial score (nSPS) is 13.1. The van der Waals surface area contributed by atoms with Gasteiger partial charge >= 0.3 is 11.9 Å². The van der Waals surface area contributed by atoms with Crippen molar-refractivity contribution < 1.29 is 42.9 Å². The number of esters is 2. The number of allylic oxidation sites excluding steroid dienone is 8. The smallest absolute Gasteiger partial charge is 0.306 e. The molecule has 0 fully saturated rings. The quantitative estimate of drug-likeness (QED) is 0.0195. The van der Waals surface area contributed by atoms with Crippen molar-refractivity contribution in [1.29, 1.82) is 0 Å². The number of carbonyl (C=O) groups is 3. The van der Waals surface area contributed by atoms with Crippen molar-refractivity contribution in [2.24, 2.45) is 0 Å². The van der Waals surface area contributed by atoms with Crippen molar-refractivity contribution in [3.63, 3.8) is 0 Å². The highest BCUT2D eigenvalue weighted by Crippen LogP contribution is 2.17. The zero-order chi connectivity index (χ0) is 53.4. The molecule has 0 aliphatic rings. The van der Waals surface area contributed by atoms with Crippen LogP contribution in [0.2, 0.25) is 0 Å². The van der Waals surface area contributed by atoms with Gasteiger partial charge in [-0.25, -0.2) is 0 Å². The first kappa shape index (κ1) is 70.2. The van der Waals surface area contributed by atoms with Gasteiger partial charge in [0.25, 0.3) is 0 Å². The first-order valence-corrected chi connectivity index (χ1v) is 30.8. The SMILES string of the molecule is CC/C=C\C/C=C\C/C=C\C/C=C\CCCCCCCCCCCCCCCCCCCCCCCCC(=O)OC(COC(=O)CCCCCCCCCCCCCCC)COC(OCC[N+](C)(C)C)C(=O)[O-]. The number of ether oxygens (including phenoxy) is 4. The summed E-state index contributed by atoms with van der Waals surface area (Å²) in [6.45, 7) is 4.67. The van der Waals surface area contributed by atoms with E-state index in [0.29, 0.717) is 17.4 Å². The largest absolute Gasteiger partial charge is 0.545 e. The number of carbonyl (C=O) groups excluding carboxylic acids is 3. The molecule has 2 atom stereocenters. The van der Waals surface area contributed by atoms with Crippen LogP contribution in [0.1, 0.15) is 284 Å². The molecule has 73 heavy (non-hydrogen) atoms. The molecule has 0 saturated heterocycles. The predicted molar refractivity (Wildman–Crippen MR) is 306 cm³/mol. The van der Waals surface area contributed by atoms with Gasteiger partial charge in [0, 0.05) is 12.8 Å². The van der Waals surface area contributed by atoms with Crippen molar-refractivity contribution in [3.05, 3.63) is 48.6 Å². The summed E-state index contributed by atoms with van der Waals surface area (Å²) in [4.78, 5) is 37.2. The van der Waals surface area contributed by atoms with E-state index in [4.69, 9.17) is 18.9 Å². The van der Waals surface area contributed by atoms with Crippen LogP contribution in [0.3, 0.4) is 0 Å². The average Bonchev–Trinajstić information content (AvgIpc) is 3.36. The van der Waals surface area contributed by atoms with Crippen LogP contribution >= 0.6 is 0 Å². The Hall–Kier alpha value is -2.75. The molecular weight excluding hydrogens is 911 g/mol. The number of hydrogen-bond acceptors (Lipinski definition) is 8. The van der Waals surface area contributed by atoms with Crippen LogP contribution < -0.4 is 5.11 Å². The van der Waals surface area contributed by atoms with Gasteiger partial charge in [-0.3, -0.25) is 9.59 Å². The lowest BCUT2D eigenvalue weighted by atomic mass is 10.0. The Morgan fingerprint density at radius 3 is 1.16 bits per heavy atom. The fourth-order valence-electron chi connectivity index (χ4n) is 8.88. The maximum atomic E-state index is 12.9. The third-order valence-electron chi connectivity index (χ3n) is 13.6. The number of hydrogen-bond donors (Lipinski definition) is 0. The summed E-state index contributed by atoms with van der Waals surface area (Å²) in [7, 11) is 5.93. The first-order chi connectivity index (χ1) is 35.6. The van der Waals surface area contributed by atoms with Crippen molar-refractivity contribution in [2.45, 2.75) is 296 Å². The molecule has 0 N–H and O–H groups in total. The molecule has 0 radical (unpaired) electrons. The van der Waals surface area contributed by atoms with Crippen LogP contribution in [-0.2, 0) is 33.3 Å². The van der Waals surface area contributed by atoms with Crippen LogP contribution in [0.5, 0.6) is 0 Å². The van der Waals surface area contributed by atoms with E-state index >= 15 is 0 Å². The molecular formula is C64H117NO8. The van der Waals surface area contributed by atoms with Gasteiger partial charge in [-0.1, -0.05) is 268 Å². The van der Waals surface area contributed by atoms with Crippen molar-refractivity contribution >= 4 is 17.9 Å². The summed E-state index contributed by atoms with van der Waals surface area (Å²) >= 11 is 0. The number of likely N-dealkylation sites (N-methyl/N-ethyl adjacent to an activating group) is 1. The Bertz CT molecular complexity index is 1340. The maximum Gasteiger partial charge on any atom is 0.306 e. The minimum atomic E-state index is -1.62. The topological polar surface area (TPSA) is 111 Å². The Labute approximate surface area is 451 Å². The van der Waals surface area contributed by atoms with Gasteiger partial charge in [-0.2, -0.15) is 0 Å².